The predicted molar refractivity (Wildman–Crippen MR) is 89.1 cm³/mol. The van der Waals surface area contributed by atoms with Crippen LogP contribution in [0.4, 0.5) is 0 Å². The zero-order valence-corrected chi connectivity index (χ0v) is 13.3. The molecule has 3 aromatic rings. The average Bonchev–Trinajstić information content (AvgIpc) is 2.99. The van der Waals surface area contributed by atoms with Crippen molar-refractivity contribution >= 4 is 21.9 Å². The molecule has 2 aromatic carbocycles. The molecule has 2 heterocycles. The van der Waals surface area contributed by atoms with Crippen LogP contribution in [0.1, 0.15) is 12.5 Å². The molecule has 130 valence electrons. The number of aliphatic hydroxyl groups is 2. The van der Waals surface area contributed by atoms with E-state index in [4.69, 9.17) is 9.15 Å². The smallest absolute Gasteiger partial charge is 0.204 e. The molecule has 0 saturated carbocycles. The summed E-state index contributed by atoms with van der Waals surface area (Å²) in [5.41, 5.74) is -0.942. The highest BCUT2D eigenvalue weighted by molar-refractivity contribution is 5.95. The van der Waals surface area contributed by atoms with Crippen LogP contribution in [0.25, 0.3) is 21.9 Å². The first-order chi connectivity index (χ1) is 11.8. The van der Waals surface area contributed by atoms with Gasteiger partial charge in [-0.2, -0.15) is 0 Å². The maximum atomic E-state index is 12.7. The normalized spacial score (nSPS) is 18.9. The molecule has 7 heteroatoms. The monoisotopic (exact) mass is 344 g/mol. The van der Waals surface area contributed by atoms with Crippen molar-refractivity contribution in [2.24, 2.45) is 0 Å². The molecule has 1 aliphatic heterocycles. The molecular formula is C18H16O7. The van der Waals surface area contributed by atoms with Gasteiger partial charge in [-0.1, -0.05) is 0 Å². The number of phenolic OH excluding ortho intramolecular Hbond substituents is 2. The van der Waals surface area contributed by atoms with Crippen LogP contribution in [0.3, 0.4) is 0 Å². The van der Waals surface area contributed by atoms with Crippen LogP contribution in [0.5, 0.6) is 17.2 Å². The van der Waals surface area contributed by atoms with Crippen LogP contribution in [-0.4, -0.2) is 38.7 Å². The lowest BCUT2D eigenvalue weighted by Gasteiger charge is -2.26. The van der Waals surface area contributed by atoms with Crippen molar-refractivity contribution < 1.29 is 29.6 Å². The first kappa shape index (κ1) is 15.7. The van der Waals surface area contributed by atoms with E-state index in [1.54, 1.807) is 6.07 Å². The lowest BCUT2D eigenvalue weighted by Crippen LogP contribution is -2.45. The second-order valence-corrected chi connectivity index (χ2v) is 6.51. The summed E-state index contributed by atoms with van der Waals surface area (Å²) in [6, 6.07) is 5.47. The molecule has 1 aromatic heterocycles. The fraction of sp³-hybridized carbons (Fsp3) is 0.278. The summed E-state index contributed by atoms with van der Waals surface area (Å²) >= 11 is 0. The summed E-state index contributed by atoms with van der Waals surface area (Å²) in [7, 11) is 0. The van der Waals surface area contributed by atoms with Gasteiger partial charge < -0.3 is 29.6 Å². The van der Waals surface area contributed by atoms with E-state index in [2.05, 4.69) is 0 Å². The minimum absolute atomic E-state index is 0.0110. The SMILES string of the molecule is CC(O)(CO)[C@H]1Cc2c(ccc3c(=O)c4c(O)cc(O)cc4oc23)O1. The molecule has 0 spiro atoms. The molecular weight excluding hydrogens is 328 g/mol. The third kappa shape index (κ3) is 2.24. The van der Waals surface area contributed by atoms with Gasteiger partial charge in [0.2, 0.25) is 5.43 Å². The van der Waals surface area contributed by atoms with Gasteiger partial charge in [-0.15, -0.1) is 0 Å². The van der Waals surface area contributed by atoms with Crippen molar-refractivity contribution in [1.82, 2.24) is 0 Å². The fourth-order valence-electron chi connectivity index (χ4n) is 3.18. The summed E-state index contributed by atoms with van der Waals surface area (Å²) in [5, 5.41) is 39.4. The number of ether oxygens (including phenoxy) is 1. The van der Waals surface area contributed by atoms with Crippen molar-refractivity contribution in [3.8, 4) is 17.2 Å². The van der Waals surface area contributed by atoms with Crippen molar-refractivity contribution in [3.63, 3.8) is 0 Å². The van der Waals surface area contributed by atoms with Crippen molar-refractivity contribution in [2.75, 3.05) is 6.61 Å². The van der Waals surface area contributed by atoms with Gasteiger partial charge in [-0.25, -0.2) is 0 Å². The molecule has 1 unspecified atom stereocenters. The van der Waals surface area contributed by atoms with Crippen molar-refractivity contribution in [2.45, 2.75) is 25.0 Å². The largest absolute Gasteiger partial charge is 0.508 e. The average molecular weight is 344 g/mol. The number of benzene rings is 2. The molecule has 4 rings (SSSR count). The Kier molecular flexibility index (Phi) is 3.22. The Bertz CT molecular complexity index is 1060. The highest BCUT2D eigenvalue weighted by atomic mass is 16.5. The minimum Gasteiger partial charge on any atom is -0.508 e. The van der Waals surface area contributed by atoms with Gasteiger partial charge >= 0.3 is 0 Å². The van der Waals surface area contributed by atoms with Gasteiger partial charge in [0.1, 0.15) is 45.5 Å². The molecule has 1 aliphatic rings. The van der Waals surface area contributed by atoms with Crippen molar-refractivity contribution in [3.05, 3.63) is 40.1 Å². The molecule has 0 aliphatic carbocycles. The standard InChI is InChI=1S/C18H16O7/c1-18(23,7-19)14-6-10-12(24-14)3-2-9-16(22)15-11(21)4-8(20)5-13(15)25-17(9)10/h2-5,14,19-21,23H,6-7H2,1H3/t14-,18?/m1/s1. The predicted octanol–water partition coefficient (Wildman–Crippen LogP) is 1.40. The van der Waals surface area contributed by atoms with Gasteiger partial charge in [0.15, 0.2) is 0 Å². The minimum atomic E-state index is -1.45. The Morgan fingerprint density at radius 1 is 1.28 bits per heavy atom. The third-order valence-electron chi connectivity index (χ3n) is 4.64. The molecule has 2 atom stereocenters. The maximum Gasteiger partial charge on any atom is 0.204 e. The molecule has 0 fully saturated rings. The number of hydrogen-bond acceptors (Lipinski definition) is 7. The first-order valence-corrected chi connectivity index (χ1v) is 7.76. The number of aliphatic hydroxyl groups excluding tert-OH is 1. The summed E-state index contributed by atoms with van der Waals surface area (Å²) in [5.74, 6) is -0.126. The van der Waals surface area contributed by atoms with E-state index in [9.17, 15) is 25.2 Å². The van der Waals surface area contributed by atoms with E-state index in [1.807, 2.05) is 0 Å². The molecule has 0 amide bonds. The van der Waals surface area contributed by atoms with Crippen LogP contribution >= 0.6 is 0 Å². The number of phenols is 2. The van der Waals surface area contributed by atoms with Crippen LogP contribution in [-0.2, 0) is 6.42 Å². The number of hydrogen-bond donors (Lipinski definition) is 4. The third-order valence-corrected chi connectivity index (χ3v) is 4.64. The lowest BCUT2D eigenvalue weighted by atomic mass is 9.95. The van der Waals surface area contributed by atoms with E-state index in [-0.39, 0.29) is 39.9 Å². The van der Waals surface area contributed by atoms with Crippen LogP contribution < -0.4 is 10.2 Å². The van der Waals surface area contributed by atoms with Crippen LogP contribution in [0.2, 0.25) is 0 Å². The van der Waals surface area contributed by atoms with E-state index in [0.29, 0.717) is 11.3 Å². The Morgan fingerprint density at radius 2 is 2.04 bits per heavy atom. The van der Waals surface area contributed by atoms with E-state index >= 15 is 0 Å². The van der Waals surface area contributed by atoms with Crippen LogP contribution in [0.15, 0.2) is 33.5 Å². The molecule has 25 heavy (non-hydrogen) atoms. The first-order valence-electron chi connectivity index (χ1n) is 7.76. The van der Waals surface area contributed by atoms with E-state index < -0.39 is 23.7 Å². The molecule has 4 N–H and O–H groups in total. The van der Waals surface area contributed by atoms with Gasteiger partial charge in [-0.05, 0) is 19.1 Å². The quantitative estimate of drug-likeness (QED) is 0.519. The zero-order chi connectivity index (χ0) is 17.9. The van der Waals surface area contributed by atoms with Gasteiger partial charge in [-0.3, -0.25) is 4.79 Å². The highest BCUT2D eigenvalue weighted by Gasteiger charge is 2.39. The fourth-order valence-corrected chi connectivity index (χ4v) is 3.18. The second-order valence-electron chi connectivity index (χ2n) is 6.51. The van der Waals surface area contributed by atoms with Crippen molar-refractivity contribution in [1.29, 1.82) is 0 Å². The lowest BCUT2D eigenvalue weighted by molar-refractivity contribution is -0.0729. The zero-order valence-electron chi connectivity index (χ0n) is 13.3. The topological polar surface area (TPSA) is 120 Å². The number of aromatic hydroxyl groups is 2. The second kappa shape index (κ2) is 5.11. The summed E-state index contributed by atoms with van der Waals surface area (Å²) in [4.78, 5) is 12.7. The number of fused-ring (bicyclic) bond motifs is 4. The number of rotatable bonds is 2. The van der Waals surface area contributed by atoms with Crippen LogP contribution in [0, 0.1) is 0 Å². The maximum absolute atomic E-state index is 12.7. The van der Waals surface area contributed by atoms with Gasteiger partial charge in [0.25, 0.3) is 0 Å². The summed E-state index contributed by atoms with van der Waals surface area (Å²) in [6.07, 6.45) is -0.434. The van der Waals surface area contributed by atoms with Gasteiger partial charge in [0.05, 0.1) is 12.0 Å². The summed E-state index contributed by atoms with van der Waals surface area (Å²) in [6.45, 7) is 0.992. The molecule has 0 radical (unpaired) electrons. The molecule has 7 nitrogen and oxygen atoms in total. The molecule has 0 saturated heterocycles. The van der Waals surface area contributed by atoms with E-state index in [0.717, 1.165) is 6.07 Å². The summed E-state index contributed by atoms with van der Waals surface area (Å²) < 4.78 is 11.5. The van der Waals surface area contributed by atoms with Gasteiger partial charge in [0, 0.05) is 24.1 Å². The Labute approximate surface area is 141 Å². The Morgan fingerprint density at radius 3 is 2.76 bits per heavy atom. The Hall–Kier alpha value is -2.77. The molecule has 0 bridgehead atoms. The highest BCUT2D eigenvalue weighted by Crippen LogP contribution is 2.39. The Balaban J connectivity index is 1.99. The van der Waals surface area contributed by atoms with E-state index in [1.165, 1.54) is 19.1 Å².